The fourth-order valence-corrected chi connectivity index (χ4v) is 7.58. The lowest BCUT2D eigenvalue weighted by atomic mass is 10.0. The minimum Gasteiger partial charge on any atom is -0.367 e. The van der Waals surface area contributed by atoms with Crippen LogP contribution in [0.5, 0.6) is 0 Å². The van der Waals surface area contributed by atoms with Gasteiger partial charge in [0.2, 0.25) is 11.5 Å². The number of ether oxygens (including phenoxy) is 1. The first-order chi connectivity index (χ1) is 27.1. The SMILES string of the molecule is CCN1C(=O)CNc2ncc(-c3ccc(-c4ncn(CCCCCOC(C5CC[C@H](C)N5c5ccc6[nH]c(=O)cc(C(F)(F)F)c6c5)C(F)(F)F)n4)nc3C)nc21. The lowest BCUT2D eigenvalue weighted by molar-refractivity contribution is -0.226. The molecule has 2 unspecified atom stereocenters. The number of rotatable bonds is 12. The van der Waals surface area contributed by atoms with Crippen molar-refractivity contribution in [3.63, 3.8) is 0 Å². The van der Waals surface area contributed by atoms with Crippen LogP contribution in [-0.2, 0) is 22.3 Å². The number of anilines is 3. The average Bonchev–Trinajstić information content (AvgIpc) is 3.79. The maximum Gasteiger partial charge on any atom is 0.417 e. The van der Waals surface area contributed by atoms with Gasteiger partial charge in [0.25, 0.3) is 0 Å². The van der Waals surface area contributed by atoms with Crippen LogP contribution in [0.1, 0.15) is 57.2 Å². The van der Waals surface area contributed by atoms with E-state index in [2.05, 4.69) is 35.3 Å². The van der Waals surface area contributed by atoms with Crippen LogP contribution in [0, 0.1) is 6.92 Å². The molecule has 0 aliphatic carbocycles. The molecular formula is C38H40F6N10O3. The van der Waals surface area contributed by atoms with Crippen molar-refractivity contribution >= 4 is 34.1 Å². The molecule has 57 heavy (non-hydrogen) atoms. The number of aromatic nitrogens is 7. The number of unbranched alkanes of at least 4 members (excludes halogenated alkanes) is 2. The molecule has 5 aromatic rings. The number of carbonyl (C=O) groups is 1. The topological polar surface area (TPSA) is 147 Å². The van der Waals surface area contributed by atoms with E-state index in [1.165, 1.54) is 23.1 Å². The van der Waals surface area contributed by atoms with Crippen molar-refractivity contribution in [2.75, 3.05) is 34.8 Å². The molecule has 302 valence electrons. The number of hydrogen-bond donors (Lipinski definition) is 2. The zero-order chi connectivity index (χ0) is 40.6. The third kappa shape index (κ3) is 8.29. The number of H-pyrrole nitrogens is 1. The molecule has 2 aliphatic heterocycles. The summed E-state index contributed by atoms with van der Waals surface area (Å²) in [7, 11) is 0. The number of aryl methyl sites for hydroxylation is 2. The van der Waals surface area contributed by atoms with Crippen molar-refractivity contribution in [2.45, 2.75) is 90.0 Å². The third-order valence-electron chi connectivity index (χ3n) is 10.3. The van der Waals surface area contributed by atoms with Gasteiger partial charge in [-0.05, 0) is 83.2 Å². The highest BCUT2D eigenvalue weighted by molar-refractivity contribution is 6.00. The molecule has 0 bridgehead atoms. The van der Waals surface area contributed by atoms with E-state index >= 15 is 0 Å². The predicted molar refractivity (Wildman–Crippen MR) is 200 cm³/mol. The lowest BCUT2D eigenvalue weighted by Gasteiger charge is -2.36. The molecule has 4 aromatic heterocycles. The minimum absolute atomic E-state index is 0.0616. The summed E-state index contributed by atoms with van der Waals surface area (Å²) in [6.45, 7) is 6.33. The highest BCUT2D eigenvalue weighted by Crippen LogP contribution is 2.41. The number of amides is 1. The summed E-state index contributed by atoms with van der Waals surface area (Å²) in [5, 5.41) is 7.21. The monoisotopic (exact) mass is 798 g/mol. The summed E-state index contributed by atoms with van der Waals surface area (Å²) in [5.41, 5.74) is 0.536. The number of fused-ring (bicyclic) bond motifs is 2. The fourth-order valence-electron chi connectivity index (χ4n) is 7.58. The molecule has 19 heteroatoms. The van der Waals surface area contributed by atoms with E-state index in [0.717, 1.165) is 5.56 Å². The van der Waals surface area contributed by atoms with Crippen molar-refractivity contribution < 1.29 is 35.9 Å². The summed E-state index contributed by atoms with van der Waals surface area (Å²) in [5.74, 6) is 1.31. The van der Waals surface area contributed by atoms with Gasteiger partial charge in [0.15, 0.2) is 23.6 Å². The van der Waals surface area contributed by atoms with Gasteiger partial charge in [0.05, 0.1) is 30.0 Å². The first-order valence-corrected chi connectivity index (χ1v) is 18.6. The molecule has 3 atom stereocenters. The third-order valence-corrected chi connectivity index (χ3v) is 10.3. The predicted octanol–water partition coefficient (Wildman–Crippen LogP) is 6.92. The smallest absolute Gasteiger partial charge is 0.367 e. The molecular weight excluding hydrogens is 758 g/mol. The van der Waals surface area contributed by atoms with E-state index in [1.807, 2.05) is 19.9 Å². The molecule has 0 saturated carbocycles. The van der Waals surface area contributed by atoms with Gasteiger partial charge in [-0.25, -0.2) is 19.9 Å². The Hall–Kier alpha value is -5.59. The van der Waals surface area contributed by atoms with Crippen molar-refractivity contribution in [1.82, 2.24) is 34.7 Å². The highest BCUT2D eigenvalue weighted by Gasteiger charge is 2.50. The van der Waals surface area contributed by atoms with Crippen LogP contribution in [0.15, 0.2) is 53.7 Å². The normalized spacial score (nSPS) is 17.9. The second-order valence-corrected chi connectivity index (χ2v) is 14.1. The van der Waals surface area contributed by atoms with Crippen molar-refractivity contribution in [3.05, 3.63) is 70.5 Å². The van der Waals surface area contributed by atoms with Crippen molar-refractivity contribution in [2.24, 2.45) is 0 Å². The van der Waals surface area contributed by atoms with E-state index < -0.39 is 41.7 Å². The number of pyridine rings is 2. The summed E-state index contributed by atoms with van der Waals surface area (Å²) in [6.07, 6.45) is -6.56. The van der Waals surface area contributed by atoms with Gasteiger partial charge in [-0.2, -0.15) is 26.3 Å². The van der Waals surface area contributed by atoms with Gasteiger partial charge >= 0.3 is 12.4 Å². The first-order valence-electron chi connectivity index (χ1n) is 18.6. The molecule has 6 heterocycles. The second-order valence-electron chi connectivity index (χ2n) is 14.1. The Kier molecular flexibility index (Phi) is 10.9. The Morgan fingerprint density at radius 3 is 2.51 bits per heavy atom. The van der Waals surface area contributed by atoms with Crippen LogP contribution >= 0.6 is 0 Å². The Bertz CT molecular complexity index is 2330. The number of halogens is 6. The summed E-state index contributed by atoms with van der Waals surface area (Å²) in [4.78, 5) is 47.8. The fraction of sp³-hybridized carbons (Fsp3) is 0.447. The maximum atomic E-state index is 14.5. The largest absolute Gasteiger partial charge is 0.417 e. The molecule has 1 fully saturated rings. The van der Waals surface area contributed by atoms with Gasteiger partial charge < -0.3 is 19.9 Å². The van der Waals surface area contributed by atoms with Crippen LogP contribution in [0.3, 0.4) is 0 Å². The molecule has 1 saturated heterocycles. The zero-order valence-electron chi connectivity index (χ0n) is 31.3. The van der Waals surface area contributed by atoms with E-state index in [0.29, 0.717) is 79.4 Å². The molecule has 2 aliphatic rings. The van der Waals surface area contributed by atoms with Gasteiger partial charge in [-0.15, -0.1) is 5.10 Å². The maximum absolute atomic E-state index is 14.5. The van der Waals surface area contributed by atoms with E-state index in [-0.39, 0.29) is 42.1 Å². The number of likely N-dealkylation sites (N-methyl/N-ethyl adjacent to an activating group) is 1. The Labute approximate surface area is 322 Å². The number of alkyl halides is 6. The standard InChI is InChI=1S/C38H40F6N10O3/c1-4-53-32(56)19-46-35-36(53)50-29(18-45-35)24-10-12-28(48-22(24)3)34-47-20-52(51-34)14-6-5-7-15-57-33(38(42,43)44)30-13-8-21(2)54(30)23-9-11-27-25(16-23)26(37(39,40)41)17-31(55)49-27/h9-12,16-18,20-21,30,33H,4-8,13-15,19H2,1-3H3,(H,45,46)(H,49,55)/t21-,30?,33?/m0/s1. The van der Waals surface area contributed by atoms with E-state index in [9.17, 15) is 35.9 Å². The zero-order valence-corrected chi connectivity index (χ0v) is 31.3. The quantitative estimate of drug-likeness (QED) is 0.101. The number of hydrogen-bond acceptors (Lipinski definition) is 10. The number of carbonyl (C=O) groups excluding carboxylic acids is 1. The lowest BCUT2D eigenvalue weighted by Crippen LogP contribution is -2.50. The molecule has 1 amide bonds. The van der Waals surface area contributed by atoms with E-state index in [1.54, 1.807) is 35.1 Å². The Balaban J connectivity index is 0.952. The van der Waals surface area contributed by atoms with Gasteiger partial charge in [0.1, 0.15) is 12.0 Å². The van der Waals surface area contributed by atoms with Crippen LogP contribution < -0.4 is 20.7 Å². The van der Waals surface area contributed by atoms with Crippen molar-refractivity contribution in [3.8, 4) is 22.8 Å². The minimum atomic E-state index is -4.83. The summed E-state index contributed by atoms with van der Waals surface area (Å²) < 4.78 is 92.1. The second kappa shape index (κ2) is 15.7. The van der Waals surface area contributed by atoms with Crippen LogP contribution in [0.4, 0.5) is 43.7 Å². The number of nitrogens with zero attached hydrogens (tertiary/aromatic N) is 8. The molecule has 1 aromatic carbocycles. The van der Waals surface area contributed by atoms with E-state index in [4.69, 9.17) is 4.74 Å². The number of aromatic amines is 1. The molecule has 0 spiro atoms. The van der Waals surface area contributed by atoms with Gasteiger partial charge in [-0.1, -0.05) is 0 Å². The molecule has 13 nitrogen and oxygen atoms in total. The molecule has 0 radical (unpaired) electrons. The Morgan fingerprint density at radius 1 is 0.965 bits per heavy atom. The van der Waals surface area contributed by atoms with Gasteiger partial charge in [-0.3, -0.25) is 19.2 Å². The van der Waals surface area contributed by atoms with Crippen LogP contribution in [0.25, 0.3) is 33.7 Å². The van der Waals surface area contributed by atoms with Crippen molar-refractivity contribution in [1.29, 1.82) is 0 Å². The number of nitrogens with one attached hydrogen (secondary N) is 2. The average molecular weight is 799 g/mol. The molecule has 2 N–H and O–H groups in total. The highest BCUT2D eigenvalue weighted by atomic mass is 19.4. The molecule has 7 rings (SSSR count). The Morgan fingerprint density at radius 2 is 1.77 bits per heavy atom. The van der Waals surface area contributed by atoms with Gasteiger partial charge in [0, 0.05) is 59.7 Å². The summed E-state index contributed by atoms with van der Waals surface area (Å²) >= 11 is 0. The summed E-state index contributed by atoms with van der Waals surface area (Å²) in [6, 6.07) is 6.41. The number of benzene rings is 1. The van der Waals surface area contributed by atoms with Crippen LogP contribution in [0.2, 0.25) is 0 Å². The van der Waals surface area contributed by atoms with Crippen LogP contribution in [-0.4, -0.2) is 84.7 Å². The first kappa shape index (κ1) is 39.6.